The maximum Gasteiger partial charge on any atom is 0.165 e. The molecular weight excluding hydrogens is 294 g/mol. The lowest BCUT2D eigenvalue weighted by Crippen LogP contribution is -2.47. The summed E-state index contributed by atoms with van der Waals surface area (Å²) in [5, 5.41) is 0. The minimum absolute atomic E-state index is 0.495. The van der Waals surface area contributed by atoms with Crippen LogP contribution in [0.5, 0.6) is 11.5 Å². The van der Waals surface area contributed by atoms with Crippen molar-refractivity contribution in [2.24, 2.45) is 0 Å². The average molecular weight is 312 g/mol. The molecule has 4 heteroatoms. The molecule has 0 N–H and O–H groups in total. The second-order valence-corrected chi connectivity index (χ2v) is 5.95. The van der Waals surface area contributed by atoms with Crippen molar-refractivity contribution in [3.63, 3.8) is 0 Å². The van der Waals surface area contributed by atoms with Gasteiger partial charge in [0.05, 0.1) is 13.2 Å². The van der Waals surface area contributed by atoms with Crippen molar-refractivity contribution in [3.05, 3.63) is 22.2 Å². The maximum absolute atomic E-state index is 5.97. The summed E-state index contributed by atoms with van der Waals surface area (Å²) in [5.74, 6) is 2.33. The molecule has 2 unspecified atom stereocenters. The first-order valence-corrected chi connectivity index (χ1v) is 7.21. The highest BCUT2D eigenvalue weighted by molar-refractivity contribution is 9.10. The topological polar surface area (TPSA) is 21.7 Å². The zero-order chi connectivity index (χ0) is 12.7. The van der Waals surface area contributed by atoms with Crippen molar-refractivity contribution in [2.75, 3.05) is 27.3 Å². The fourth-order valence-corrected chi connectivity index (χ4v) is 3.79. The third kappa shape index (κ3) is 1.82. The molecule has 0 saturated carbocycles. The third-order valence-corrected chi connectivity index (χ3v) is 4.84. The Morgan fingerprint density at radius 3 is 3.06 bits per heavy atom. The van der Waals surface area contributed by atoms with Gasteiger partial charge in [-0.2, -0.15) is 0 Å². The van der Waals surface area contributed by atoms with Crippen LogP contribution >= 0.6 is 15.9 Å². The monoisotopic (exact) mass is 311 g/mol. The molecule has 3 nitrogen and oxygen atoms in total. The number of hydrogen-bond acceptors (Lipinski definition) is 3. The molecule has 1 aromatic rings. The van der Waals surface area contributed by atoms with Crippen LogP contribution in [0.15, 0.2) is 16.6 Å². The summed E-state index contributed by atoms with van der Waals surface area (Å²) in [6, 6.07) is 4.53. The van der Waals surface area contributed by atoms with Crippen molar-refractivity contribution in [1.82, 2.24) is 4.90 Å². The van der Waals surface area contributed by atoms with Crippen molar-refractivity contribution >= 4 is 15.9 Å². The molecule has 0 amide bonds. The molecule has 0 bridgehead atoms. The van der Waals surface area contributed by atoms with Gasteiger partial charge < -0.3 is 9.47 Å². The van der Waals surface area contributed by atoms with Crippen LogP contribution in [0.2, 0.25) is 0 Å². The van der Waals surface area contributed by atoms with Gasteiger partial charge in [0.15, 0.2) is 11.5 Å². The number of fused-ring (bicyclic) bond motifs is 3. The molecule has 1 fully saturated rings. The molecule has 2 aliphatic rings. The number of likely N-dealkylation sites (tertiary alicyclic amines) is 1. The fraction of sp³-hybridized carbons (Fsp3) is 0.571. The van der Waals surface area contributed by atoms with Gasteiger partial charge in [-0.25, -0.2) is 0 Å². The highest BCUT2D eigenvalue weighted by Crippen LogP contribution is 2.48. The number of piperidine rings is 1. The molecule has 2 aliphatic heterocycles. The van der Waals surface area contributed by atoms with Crippen LogP contribution in [-0.2, 0) is 0 Å². The van der Waals surface area contributed by atoms with Gasteiger partial charge in [-0.3, -0.25) is 4.90 Å². The zero-order valence-electron chi connectivity index (χ0n) is 10.8. The first-order chi connectivity index (χ1) is 8.72. The Morgan fingerprint density at radius 2 is 2.28 bits per heavy atom. The molecular formula is C14H18BrNO2. The lowest BCUT2D eigenvalue weighted by atomic mass is 9.82. The van der Waals surface area contributed by atoms with E-state index in [9.17, 15) is 0 Å². The molecule has 1 aromatic carbocycles. The summed E-state index contributed by atoms with van der Waals surface area (Å²) < 4.78 is 12.5. The van der Waals surface area contributed by atoms with Crippen molar-refractivity contribution in [1.29, 1.82) is 0 Å². The molecule has 0 aromatic heterocycles. The first kappa shape index (κ1) is 12.3. The Morgan fingerprint density at radius 1 is 1.44 bits per heavy atom. The average Bonchev–Trinajstić information content (AvgIpc) is 2.39. The highest BCUT2D eigenvalue weighted by Gasteiger charge is 2.38. The van der Waals surface area contributed by atoms with Gasteiger partial charge in [0.25, 0.3) is 0 Å². The lowest BCUT2D eigenvalue weighted by Gasteiger charge is -2.43. The van der Waals surface area contributed by atoms with E-state index in [1.54, 1.807) is 7.11 Å². The molecule has 2 heterocycles. The molecule has 3 rings (SSSR count). The van der Waals surface area contributed by atoms with Crippen LogP contribution in [0.1, 0.15) is 24.3 Å². The normalized spacial score (nSPS) is 27.1. The number of benzene rings is 1. The molecule has 2 atom stereocenters. The number of rotatable bonds is 1. The highest BCUT2D eigenvalue weighted by atomic mass is 79.9. The van der Waals surface area contributed by atoms with Gasteiger partial charge in [-0.05, 0) is 38.6 Å². The number of hydrogen-bond donors (Lipinski definition) is 0. The van der Waals surface area contributed by atoms with Crippen molar-refractivity contribution < 1.29 is 9.47 Å². The molecule has 0 spiro atoms. The van der Waals surface area contributed by atoms with Crippen LogP contribution in [0.25, 0.3) is 0 Å². The summed E-state index contributed by atoms with van der Waals surface area (Å²) in [5.41, 5.74) is 1.29. The second kappa shape index (κ2) is 4.74. The van der Waals surface area contributed by atoms with Gasteiger partial charge in [-0.15, -0.1) is 0 Å². The third-order valence-electron chi connectivity index (χ3n) is 4.15. The number of ether oxygens (including phenoxy) is 2. The number of nitrogens with zero attached hydrogens (tertiary/aromatic N) is 1. The minimum atomic E-state index is 0.495. The van der Waals surface area contributed by atoms with Gasteiger partial charge in [0.1, 0.15) is 6.61 Å². The summed E-state index contributed by atoms with van der Waals surface area (Å²) in [7, 11) is 3.89. The number of likely N-dealkylation sites (N-methyl/N-ethyl adjacent to an activating group) is 1. The predicted octanol–water partition coefficient (Wildman–Crippen LogP) is 3.03. The molecule has 1 saturated heterocycles. The van der Waals surface area contributed by atoms with E-state index in [0.29, 0.717) is 12.0 Å². The largest absolute Gasteiger partial charge is 0.493 e. The van der Waals surface area contributed by atoms with Gasteiger partial charge >= 0.3 is 0 Å². The predicted molar refractivity (Wildman–Crippen MR) is 74.6 cm³/mol. The molecule has 0 radical (unpaired) electrons. The summed E-state index contributed by atoms with van der Waals surface area (Å²) >= 11 is 3.67. The Labute approximate surface area is 116 Å². The van der Waals surface area contributed by atoms with Gasteiger partial charge in [-0.1, -0.05) is 15.9 Å². The van der Waals surface area contributed by atoms with E-state index in [4.69, 9.17) is 9.47 Å². The Kier molecular flexibility index (Phi) is 3.24. The SMILES string of the molecule is COc1ccc(Br)c2c1OCC1C2CCCN1C. The van der Waals surface area contributed by atoms with Crippen LogP contribution in [0.3, 0.4) is 0 Å². The smallest absolute Gasteiger partial charge is 0.165 e. The number of halogens is 1. The van der Waals surface area contributed by atoms with Gasteiger partial charge in [0.2, 0.25) is 0 Å². The van der Waals surface area contributed by atoms with E-state index in [0.717, 1.165) is 22.6 Å². The van der Waals surface area contributed by atoms with E-state index in [-0.39, 0.29) is 0 Å². The first-order valence-electron chi connectivity index (χ1n) is 6.41. The van der Waals surface area contributed by atoms with Crippen LogP contribution in [0, 0.1) is 0 Å². The Bertz CT molecular complexity index is 463. The molecule has 0 aliphatic carbocycles. The van der Waals surface area contributed by atoms with E-state index in [1.807, 2.05) is 6.07 Å². The van der Waals surface area contributed by atoms with Crippen LogP contribution < -0.4 is 9.47 Å². The number of methoxy groups -OCH3 is 1. The zero-order valence-corrected chi connectivity index (χ0v) is 12.4. The second-order valence-electron chi connectivity index (χ2n) is 5.10. The van der Waals surface area contributed by atoms with Gasteiger partial charge in [0, 0.05) is 16.0 Å². The summed E-state index contributed by atoms with van der Waals surface area (Å²) in [6.45, 7) is 1.93. The van der Waals surface area contributed by atoms with E-state index >= 15 is 0 Å². The van der Waals surface area contributed by atoms with E-state index in [1.165, 1.54) is 24.9 Å². The Hall–Kier alpha value is -0.740. The Balaban J connectivity index is 2.08. The van der Waals surface area contributed by atoms with Crippen LogP contribution in [-0.4, -0.2) is 38.3 Å². The van der Waals surface area contributed by atoms with E-state index in [2.05, 4.69) is 33.9 Å². The van der Waals surface area contributed by atoms with E-state index < -0.39 is 0 Å². The minimum Gasteiger partial charge on any atom is -0.493 e. The molecule has 98 valence electrons. The van der Waals surface area contributed by atoms with Crippen LogP contribution in [0.4, 0.5) is 0 Å². The van der Waals surface area contributed by atoms with Crippen molar-refractivity contribution in [3.8, 4) is 11.5 Å². The van der Waals surface area contributed by atoms with Crippen molar-refractivity contribution in [2.45, 2.75) is 24.8 Å². The maximum atomic E-state index is 5.97. The molecule has 18 heavy (non-hydrogen) atoms. The summed E-state index contributed by atoms with van der Waals surface area (Å²) in [6.07, 6.45) is 2.48. The quantitative estimate of drug-likeness (QED) is 0.796. The lowest BCUT2D eigenvalue weighted by molar-refractivity contribution is 0.0843. The summed E-state index contributed by atoms with van der Waals surface area (Å²) in [4.78, 5) is 2.42. The standard InChI is InChI=1S/C14H18BrNO2/c1-16-7-3-4-9-11(16)8-18-14-12(17-2)6-5-10(15)13(9)14/h5-6,9,11H,3-4,7-8H2,1-2H3. The fourth-order valence-electron chi connectivity index (χ4n) is 3.19.